The number of amides is 1. The molecule has 7 heteroatoms. The van der Waals surface area contributed by atoms with Gasteiger partial charge in [-0.05, 0) is 42.5 Å². The summed E-state index contributed by atoms with van der Waals surface area (Å²) in [6, 6.07) is 13.7. The van der Waals surface area contributed by atoms with Crippen LogP contribution < -0.4 is 10.1 Å². The summed E-state index contributed by atoms with van der Waals surface area (Å²) < 4.78 is 10.8. The van der Waals surface area contributed by atoms with Gasteiger partial charge >= 0.3 is 0 Å². The van der Waals surface area contributed by atoms with Crippen LogP contribution in [-0.4, -0.2) is 23.0 Å². The molecule has 0 saturated heterocycles. The average Bonchev–Trinajstić information content (AvgIpc) is 3.13. The van der Waals surface area contributed by atoms with E-state index in [1.807, 2.05) is 0 Å². The highest BCUT2D eigenvalue weighted by Gasteiger charge is 2.14. The van der Waals surface area contributed by atoms with Crippen molar-refractivity contribution in [3.8, 4) is 17.2 Å². The van der Waals surface area contributed by atoms with Gasteiger partial charge in [0.15, 0.2) is 5.58 Å². The third-order valence-electron chi connectivity index (χ3n) is 4.00. The molecule has 0 aliphatic rings. The van der Waals surface area contributed by atoms with Crippen LogP contribution in [0.4, 0.5) is 5.69 Å². The average molecular weight is 380 g/mol. The molecule has 2 aromatic carbocycles. The molecule has 0 bridgehead atoms. The summed E-state index contributed by atoms with van der Waals surface area (Å²) in [4.78, 5) is 20.9. The smallest absolute Gasteiger partial charge is 0.255 e. The number of carbonyl (C=O) groups is 1. The zero-order valence-corrected chi connectivity index (χ0v) is 15.0. The number of hydrogen-bond donors (Lipinski definition) is 1. The Labute approximate surface area is 159 Å². The number of hydrogen-bond acceptors (Lipinski definition) is 5. The first kappa shape index (κ1) is 17.1. The first-order valence-corrected chi connectivity index (χ1v) is 8.48. The number of nitrogens with zero attached hydrogens (tertiary/aromatic N) is 2. The van der Waals surface area contributed by atoms with Gasteiger partial charge in [-0.25, -0.2) is 4.98 Å². The fraction of sp³-hybridized carbons (Fsp3) is 0.0500. The first-order chi connectivity index (χ1) is 13.1. The quantitative estimate of drug-likeness (QED) is 0.551. The minimum Gasteiger partial charge on any atom is -0.497 e. The third-order valence-corrected chi connectivity index (χ3v) is 4.33. The molecule has 0 fully saturated rings. The second-order valence-electron chi connectivity index (χ2n) is 5.74. The van der Waals surface area contributed by atoms with Gasteiger partial charge in [-0.1, -0.05) is 11.6 Å². The summed E-state index contributed by atoms with van der Waals surface area (Å²) in [5.74, 6) is 0.807. The lowest BCUT2D eigenvalue weighted by Crippen LogP contribution is -2.11. The van der Waals surface area contributed by atoms with Crippen LogP contribution in [-0.2, 0) is 0 Å². The number of methoxy groups -OCH3 is 1. The summed E-state index contributed by atoms with van der Waals surface area (Å²) in [6.07, 6.45) is 3.25. The van der Waals surface area contributed by atoms with E-state index in [-0.39, 0.29) is 5.91 Å². The summed E-state index contributed by atoms with van der Waals surface area (Å²) in [6.45, 7) is 0. The standard InChI is InChI=1S/C20H14ClN3O3/c1-26-14-5-2-12(3-6-14)19(25)23-13-4-7-16(21)15(10-13)20-24-17-11-22-9-8-18(17)27-20/h2-11H,1H3,(H,23,25). The molecule has 0 atom stereocenters. The molecular formula is C20H14ClN3O3. The molecule has 134 valence electrons. The van der Waals surface area contributed by atoms with Gasteiger partial charge in [0.05, 0.1) is 23.9 Å². The van der Waals surface area contributed by atoms with Crippen molar-refractivity contribution in [1.29, 1.82) is 0 Å². The minimum absolute atomic E-state index is 0.243. The van der Waals surface area contributed by atoms with Gasteiger partial charge < -0.3 is 14.5 Å². The third kappa shape index (κ3) is 3.47. The van der Waals surface area contributed by atoms with E-state index < -0.39 is 0 Å². The second kappa shape index (κ2) is 7.09. The van der Waals surface area contributed by atoms with Crippen molar-refractivity contribution >= 4 is 34.3 Å². The highest BCUT2D eigenvalue weighted by Crippen LogP contribution is 2.32. The Kier molecular flexibility index (Phi) is 4.48. The predicted octanol–water partition coefficient (Wildman–Crippen LogP) is 4.80. The van der Waals surface area contributed by atoms with Crippen LogP contribution in [0.15, 0.2) is 65.3 Å². The lowest BCUT2D eigenvalue weighted by atomic mass is 10.1. The van der Waals surface area contributed by atoms with E-state index >= 15 is 0 Å². The highest BCUT2D eigenvalue weighted by atomic mass is 35.5. The Morgan fingerprint density at radius 1 is 1.15 bits per heavy atom. The Morgan fingerprint density at radius 3 is 2.70 bits per heavy atom. The maximum atomic E-state index is 12.5. The molecule has 0 aliphatic carbocycles. The van der Waals surface area contributed by atoms with Crippen LogP contribution in [0, 0.1) is 0 Å². The van der Waals surface area contributed by atoms with Crippen LogP contribution >= 0.6 is 11.6 Å². The van der Waals surface area contributed by atoms with Crippen LogP contribution in [0.25, 0.3) is 22.6 Å². The SMILES string of the molecule is COc1ccc(C(=O)Nc2ccc(Cl)c(-c3nc4cnccc4o3)c2)cc1. The van der Waals surface area contributed by atoms with E-state index in [0.717, 1.165) is 0 Å². The molecule has 4 rings (SSSR count). The number of carbonyl (C=O) groups excluding carboxylic acids is 1. The molecule has 1 N–H and O–H groups in total. The number of nitrogens with one attached hydrogen (secondary N) is 1. The largest absolute Gasteiger partial charge is 0.497 e. The van der Waals surface area contributed by atoms with Crippen molar-refractivity contribution in [2.75, 3.05) is 12.4 Å². The van der Waals surface area contributed by atoms with Gasteiger partial charge in [0.1, 0.15) is 11.3 Å². The molecule has 27 heavy (non-hydrogen) atoms. The second-order valence-corrected chi connectivity index (χ2v) is 6.15. The van der Waals surface area contributed by atoms with E-state index in [9.17, 15) is 4.79 Å². The topological polar surface area (TPSA) is 77.2 Å². The van der Waals surface area contributed by atoms with Crippen molar-refractivity contribution in [1.82, 2.24) is 9.97 Å². The van der Waals surface area contributed by atoms with Crippen molar-refractivity contribution in [3.63, 3.8) is 0 Å². The molecule has 0 aliphatic heterocycles. The zero-order chi connectivity index (χ0) is 18.8. The van der Waals surface area contributed by atoms with Gasteiger partial charge in [-0.2, -0.15) is 0 Å². The highest BCUT2D eigenvalue weighted by molar-refractivity contribution is 6.33. The number of rotatable bonds is 4. The maximum Gasteiger partial charge on any atom is 0.255 e. The van der Waals surface area contributed by atoms with E-state index in [2.05, 4.69) is 15.3 Å². The number of ether oxygens (including phenoxy) is 1. The van der Waals surface area contributed by atoms with E-state index in [4.69, 9.17) is 20.8 Å². The van der Waals surface area contributed by atoms with Crippen LogP contribution in [0.1, 0.15) is 10.4 Å². The molecule has 2 aromatic heterocycles. The molecule has 2 heterocycles. The van der Waals surface area contributed by atoms with Gasteiger partial charge in [0, 0.05) is 23.5 Å². The molecular weight excluding hydrogens is 366 g/mol. The molecule has 0 unspecified atom stereocenters. The number of aromatic nitrogens is 2. The minimum atomic E-state index is -0.243. The molecule has 0 saturated carbocycles. The van der Waals surface area contributed by atoms with Crippen molar-refractivity contribution in [2.45, 2.75) is 0 Å². The van der Waals surface area contributed by atoms with Crippen molar-refractivity contribution in [3.05, 3.63) is 71.5 Å². The first-order valence-electron chi connectivity index (χ1n) is 8.10. The van der Waals surface area contributed by atoms with Gasteiger partial charge in [0.2, 0.25) is 5.89 Å². The maximum absolute atomic E-state index is 12.5. The Bertz CT molecular complexity index is 1090. The predicted molar refractivity (Wildman–Crippen MR) is 103 cm³/mol. The van der Waals surface area contributed by atoms with Crippen molar-refractivity contribution in [2.24, 2.45) is 0 Å². The zero-order valence-electron chi connectivity index (χ0n) is 14.3. The molecule has 1 amide bonds. The molecule has 0 spiro atoms. The van der Waals surface area contributed by atoms with Gasteiger partial charge in [0.25, 0.3) is 5.91 Å². The fourth-order valence-electron chi connectivity index (χ4n) is 2.61. The Morgan fingerprint density at radius 2 is 1.96 bits per heavy atom. The number of oxazole rings is 1. The van der Waals surface area contributed by atoms with Crippen LogP contribution in [0.5, 0.6) is 5.75 Å². The Balaban J connectivity index is 1.62. The van der Waals surface area contributed by atoms with Crippen molar-refractivity contribution < 1.29 is 13.9 Å². The van der Waals surface area contributed by atoms with Crippen LogP contribution in [0.2, 0.25) is 5.02 Å². The lowest BCUT2D eigenvalue weighted by molar-refractivity contribution is 0.102. The molecule has 6 nitrogen and oxygen atoms in total. The summed E-state index contributed by atoms with van der Waals surface area (Å²) in [5.41, 5.74) is 2.93. The number of benzene rings is 2. The summed E-state index contributed by atoms with van der Waals surface area (Å²) in [5, 5.41) is 3.32. The van der Waals surface area contributed by atoms with Crippen LogP contribution in [0.3, 0.4) is 0 Å². The summed E-state index contributed by atoms with van der Waals surface area (Å²) >= 11 is 6.30. The fourth-order valence-corrected chi connectivity index (χ4v) is 2.81. The Hall–Kier alpha value is -3.38. The van der Waals surface area contributed by atoms with E-state index in [1.54, 1.807) is 68.0 Å². The molecule has 4 aromatic rings. The number of fused-ring (bicyclic) bond motifs is 1. The number of anilines is 1. The van der Waals surface area contributed by atoms with E-state index in [0.29, 0.717) is 44.6 Å². The lowest BCUT2D eigenvalue weighted by Gasteiger charge is -2.08. The van der Waals surface area contributed by atoms with Gasteiger partial charge in [-0.15, -0.1) is 0 Å². The normalized spacial score (nSPS) is 10.7. The summed E-state index contributed by atoms with van der Waals surface area (Å²) in [7, 11) is 1.58. The van der Waals surface area contributed by atoms with E-state index in [1.165, 1.54) is 0 Å². The monoisotopic (exact) mass is 379 g/mol. The number of pyridine rings is 1. The molecule has 0 radical (unpaired) electrons. The van der Waals surface area contributed by atoms with Gasteiger partial charge in [-0.3, -0.25) is 9.78 Å². The number of halogens is 1.